The van der Waals surface area contributed by atoms with Gasteiger partial charge in [-0.2, -0.15) is 5.26 Å². The van der Waals surface area contributed by atoms with E-state index in [1.54, 1.807) is 36.7 Å². The fraction of sp³-hybridized carbons (Fsp3) is 0. The van der Waals surface area contributed by atoms with E-state index in [-0.39, 0.29) is 4.47 Å². The maximum absolute atomic E-state index is 13.9. The fourth-order valence-corrected chi connectivity index (χ4v) is 2.64. The summed E-state index contributed by atoms with van der Waals surface area (Å²) < 4.78 is 14.1. The number of hydrogen-bond acceptors (Lipinski definition) is 3. The Bertz CT molecular complexity index is 581. The molecule has 0 spiro atoms. The number of rotatable bonds is 2. The third kappa shape index (κ3) is 2.65. The molecule has 5 heteroatoms. The van der Waals surface area contributed by atoms with Crippen LogP contribution >= 0.6 is 27.7 Å². The molecule has 0 saturated heterocycles. The Hall–Kier alpha value is -1.38. The van der Waals surface area contributed by atoms with E-state index in [0.29, 0.717) is 10.5 Å². The van der Waals surface area contributed by atoms with Crippen molar-refractivity contribution >= 4 is 27.7 Å². The number of nitriles is 1. The standard InChI is InChI=1S/C12H6BrFN2S/c13-11-8(7-15)1-2-10(12(11)14)17-9-3-5-16-6-4-9/h1-6H. The second kappa shape index (κ2) is 5.30. The highest BCUT2D eigenvalue weighted by Gasteiger charge is 2.11. The summed E-state index contributed by atoms with van der Waals surface area (Å²) >= 11 is 4.37. The Balaban J connectivity index is 2.36. The molecule has 0 N–H and O–H groups in total. The molecule has 0 unspecified atom stereocenters. The summed E-state index contributed by atoms with van der Waals surface area (Å²) in [5.41, 5.74) is 0.293. The predicted molar refractivity (Wildman–Crippen MR) is 67.2 cm³/mol. The van der Waals surface area contributed by atoms with Gasteiger partial charge in [-0.25, -0.2) is 4.39 Å². The van der Waals surface area contributed by atoms with Crippen LogP contribution in [0.5, 0.6) is 0 Å². The molecule has 1 aromatic carbocycles. The van der Waals surface area contributed by atoms with Crippen LogP contribution in [0.4, 0.5) is 4.39 Å². The van der Waals surface area contributed by atoms with Crippen LogP contribution in [-0.4, -0.2) is 4.98 Å². The lowest BCUT2D eigenvalue weighted by atomic mass is 10.2. The molecule has 0 bridgehead atoms. The number of hydrogen-bond donors (Lipinski definition) is 0. The lowest BCUT2D eigenvalue weighted by Crippen LogP contribution is -1.87. The van der Waals surface area contributed by atoms with Gasteiger partial charge in [-0.1, -0.05) is 11.8 Å². The minimum absolute atomic E-state index is 0.207. The zero-order valence-electron chi connectivity index (χ0n) is 8.52. The maximum Gasteiger partial charge on any atom is 0.152 e. The van der Waals surface area contributed by atoms with Gasteiger partial charge < -0.3 is 0 Å². The van der Waals surface area contributed by atoms with Crippen molar-refractivity contribution in [3.05, 3.63) is 52.5 Å². The van der Waals surface area contributed by atoms with Gasteiger partial charge in [-0.15, -0.1) is 0 Å². The van der Waals surface area contributed by atoms with E-state index in [0.717, 1.165) is 4.90 Å². The van der Waals surface area contributed by atoms with Crippen molar-refractivity contribution in [1.29, 1.82) is 5.26 Å². The molecule has 0 atom stereocenters. The Kier molecular flexibility index (Phi) is 3.77. The normalized spacial score (nSPS) is 9.94. The van der Waals surface area contributed by atoms with E-state index in [9.17, 15) is 4.39 Å². The molecule has 2 nitrogen and oxygen atoms in total. The molecule has 17 heavy (non-hydrogen) atoms. The Morgan fingerprint density at radius 3 is 2.59 bits per heavy atom. The third-order valence-corrected chi connectivity index (χ3v) is 3.86. The van der Waals surface area contributed by atoms with Crippen LogP contribution in [0.15, 0.2) is 50.9 Å². The first kappa shape index (κ1) is 12.1. The number of halogens is 2. The second-order valence-electron chi connectivity index (χ2n) is 3.14. The summed E-state index contributed by atoms with van der Waals surface area (Å²) in [5.74, 6) is -0.411. The van der Waals surface area contributed by atoms with E-state index in [1.165, 1.54) is 11.8 Å². The smallest absolute Gasteiger partial charge is 0.152 e. The molecule has 2 aromatic rings. The van der Waals surface area contributed by atoms with Gasteiger partial charge >= 0.3 is 0 Å². The highest BCUT2D eigenvalue weighted by molar-refractivity contribution is 9.10. The van der Waals surface area contributed by atoms with E-state index in [4.69, 9.17) is 5.26 Å². The van der Waals surface area contributed by atoms with Crippen molar-refractivity contribution in [2.75, 3.05) is 0 Å². The molecule has 0 aliphatic carbocycles. The largest absolute Gasteiger partial charge is 0.265 e. The molecule has 0 radical (unpaired) electrons. The minimum Gasteiger partial charge on any atom is -0.265 e. The summed E-state index contributed by atoms with van der Waals surface area (Å²) in [6.07, 6.45) is 3.30. The molecule has 0 saturated carbocycles. The van der Waals surface area contributed by atoms with Gasteiger partial charge in [0.05, 0.1) is 10.0 Å². The van der Waals surface area contributed by atoms with Crippen molar-refractivity contribution in [1.82, 2.24) is 4.98 Å². The molecular weight excluding hydrogens is 303 g/mol. The van der Waals surface area contributed by atoms with Gasteiger partial charge in [0, 0.05) is 22.2 Å². The Labute approximate surface area is 111 Å². The van der Waals surface area contributed by atoms with Crippen LogP contribution in [0, 0.1) is 17.1 Å². The van der Waals surface area contributed by atoms with E-state index < -0.39 is 5.82 Å². The van der Waals surface area contributed by atoms with Gasteiger partial charge in [0.15, 0.2) is 5.82 Å². The summed E-state index contributed by atoms with van der Waals surface area (Å²) in [6, 6.07) is 8.72. The van der Waals surface area contributed by atoms with Crippen molar-refractivity contribution in [3.63, 3.8) is 0 Å². The second-order valence-corrected chi connectivity index (χ2v) is 5.04. The first-order valence-electron chi connectivity index (χ1n) is 4.68. The molecule has 1 heterocycles. The van der Waals surface area contributed by atoms with Crippen LogP contribution in [0.3, 0.4) is 0 Å². The van der Waals surface area contributed by atoms with Gasteiger partial charge in [0.25, 0.3) is 0 Å². The maximum atomic E-state index is 13.9. The monoisotopic (exact) mass is 308 g/mol. The third-order valence-electron chi connectivity index (χ3n) is 2.04. The van der Waals surface area contributed by atoms with E-state index in [2.05, 4.69) is 20.9 Å². The fourth-order valence-electron chi connectivity index (χ4n) is 1.23. The molecule has 0 aliphatic rings. The van der Waals surface area contributed by atoms with Crippen molar-refractivity contribution in [2.24, 2.45) is 0 Å². The van der Waals surface area contributed by atoms with Crippen molar-refractivity contribution in [3.8, 4) is 6.07 Å². The van der Waals surface area contributed by atoms with Crippen molar-refractivity contribution in [2.45, 2.75) is 9.79 Å². The lowest BCUT2D eigenvalue weighted by molar-refractivity contribution is 0.594. The number of nitrogens with zero attached hydrogens (tertiary/aromatic N) is 2. The Morgan fingerprint density at radius 1 is 1.24 bits per heavy atom. The van der Waals surface area contributed by atoms with Gasteiger partial charge in [-0.3, -0.25) is 4.98 Å². The van der Waals surface area contributed by atoms with Gasteiger partial charge in [0.1, 0.15) is 6.07 Å². The first-order valence-corrected chi connectivity index (χ1v) is 6.29. The molecule has 0 fully saturated rings. The highest BCUT2D eigenvalue weighted by Crippen LogP contribution is 2.33. The minimum atomic E-state index is -0.411. The number of pyridine rings is 1. The lowest BCUT2D eigenvalue weighted by Gasteiger charge is -2.05. The molecular formula is C12H6BrFN2S. The SMILES string of the molecule is N#Cc1ccc(Sc2ccncc2)c(F)c1Br. The van der Waals surface area contributed by atoms with Gasteiger partial charge in [0.2, 0.25) is 0 Å². The van der Waals surface area contributed by atoms with E-state index in [1.807, 2.05) is 6.07 Å². The number of aromatic nitrogens is 1. The van der Waals surface area contributed by atoms with Crippen LogP contribution in [0.2, 0.25) is 0 Å². The zero-order valence-corrected chi connectivity index (χ0v) is 10.9. The van der Waals surface area contributed by atoms with Crippen LogP contribution < -0.4 is 0 Å². The number of benzene rings is 1. The average molecular weight is 309 g/mol. The quantitative estimate of drug-likeness (QED) is 0.841. The molecule has 1 aromatic heterocycles. The van der Waals surface area contributed by atoms with Crippen LogP contribution in [0.1, 0.15) is 5.56 Å². The molecule has 84 valence electrons. The van der Waals surface area contributed by atoms with E-state index >= 15 is 0 Å². The molecule has 0 amide bonds. The van der Waals surface area contributed by atoms with Gasteiger partial charge in [-0.05, 0) is 40.2 Å². The summed E-state index contributed by atoms with van der Waals surface area (Å²) in [6.45, 7) is 0. The van der Waals surface area contributed by atoms with Crippen LogP contribution in [0.25, 0.3) is 0 Å². The average Bonchev–Trinajstić information content (AvgIpc) is 2.37. The zero-order chi connectivity index (χ0) is 12.3. The topological polar surface area (TPSA) is 36.7 Å². The molecule has 0 aliphatic heterocycles. The summed E-state index contributed by atoms with van der Waals surface area (Å²) in [5, 5.41) is 8.76. The molecule has 2 rings (SSSR count). The van der Waals surface area contributed by atoms with Crippen LogP contribution in [-0.2, 0) is 0 Å². The Morgan fingerprint density at radius 2 is 1.94 bits per heavy atom. The first-order chi connectivity index (χ1) is 8.22. The summed E-state index contributed by atoms with van der Waals surface area (Å²) in [7, 11) is 0. The summed E-state index contributed by atoms with van der Waals surface area (Å²) in [4.78, 5) is 5.27. The highest BCUT2D eigenvalue weighted by atomic mass is 79.9. The van der Waals surface area contributed by atoms with Crippen molar-refractivity contribution < 1.29 is 4.39 Å². The predicted octanol–water partition coefficient (Wildman–Crippen LogP) is 4.01.